The molecule has 1 N–H and O–H groups in total. The van der Waals surface area contributed by atoms with Crippen molar-refractivity contribution in [3.63, 3.8) is 0 Å². The van der Waals surface area contributed by atoms with E-state index in [0.717, 1.165) is 0 Å². The second-order valence-electron chi connectivity index (χ2n) is 2.21. The summed E-state index contributed by atoms with van der Waals surface area (Å²) in [5.41, 5.74) is 0.334. The van der Waals surface area contributed by atoms with E-state index in [0.29, 0.717) is 10.6 Å². The molecule has 1 unspecified atom stereocenters. The Morgan fingerprint density at radius 3 is 2.67 bits per heavy atom. The summed E-state index contributed by atoms with van der Waals surface area (Å²) in [6, 6.07) is 7.45. The van der Waals surface area contributed by atoms with Crippen LogP contribution in [0.25, 0.3) is 0 Å². The highest BCUT2D eigenvalue weighted by Gasteiger charge is 2.05. The van der Waals surface area contributed by atoms with Crippen LogP contribution in [0.3, 0.4) is 0 Å². The second-order valence-corrected chi connectivity index (χ2v) is 2.65. The molecule has 1 aromatic carbocycles. The second kappa shape index (κ2) is 4.10. The molecule has 3 heteroatoms. The minimum Gasteiger partial charge on any atom is -0.387 e. The van der Waals surface area contributed by atoms with Crippen molar-refractivity contribution in [2.45, 2.75) is 12.5 Å². The van der Waals surface area contributed by atoms with E-state index in [1.54, 1.807) is 0 Å². The highest BCUT2D eigenvalue weighted by molar-refractivity contribution is 6.30. The van der Waals surface area contributed by atoms with Gasteiger partial charge < -0.3 is 5.11 Å². The lowest BCUT2D eigenvalue weighted by Crippen LogP contribution is -1.94. The Bertz CT molecular complexity index is 358. The van der Waals surface area contributed by atoms with E-state index >= 15 is 0 Å². The van der Waals surface area contributed by atoms with Crippen LogP contribution in [0.1, 0.15) is 20.8 Å². The molecular formula is C9H8ClNO. The standard InChI is InChI=1S/C9H8ClNO/c10-8-3-1-7(2-4-8)9(12)5-6-11/h1-4,9,12H,5H2/i5D2. The Kier molecular flexibility index (Phi) is 2.21. The van der Waals surface area contributed by atoms with Crippen LogP contribution in [-0.2, 0) is 0 Å². The van der Waals surface area contributed by atoms with E-state index in [9.17, 15) is 5.11 Å². The number of hydrogen-bond donors (Lipinski definition) is 1. The predicted molar refractivity (Wildman–Crippen MR) is 46.6 cm³/mol. The number of aliphatic hydroxyl groups excluding tert-OH is 1. The smallest absolute Gasteiger partial charge is 0.0919 e. The first-order valence-electron chi connectivity index (χ1n) is 4.32. The molecular weight excluding hydrogens is 174 g/mol. The molecule has 0 bridgehead atoms. The van der Waals surface area contributed by atoms with E-state index in [2.05, 4.69) is 0 Å². The van der Waals surface area contributed by atoms with E-state index in [1.807, 2.05) is 0 Å². The SMILES string of the molecule is [2H]C([2H])(C#N)C(O)c1ccc(Cl)cc1. The van der Waals surface area contributed by atoms with Crippen LogP contribution >= 0.6 is 11.6 Å². The van der Waals surface area contributed by atoms with Crippen LogP contribution < -0.4 is 0 Å². The topological polar surface area (TPSA) is 44.0 Å². The molecule has 0 aliphatic heterocycles. The first-order valence-corrected chi connectivity index (χ1v) is 3.70. The quantitative estimate of drug-likeness (QED) is 0.765. The highest BCUT2D eigenvalue weighted by atomic mass is 35.5. The lowest BCUT2D eigenvalue weighted by atomic mass is 10.1. The Balaban J connectivity index is 2.96. The van der Waals surface area contributed by atoms with Gasteiger partial charge in [0, 0.05) is 7.76 Å². The van der Waals surface area contributed by atoms with Gasteiger partial charge in [-0.15, -0.1) is 0 Å². The maximum Gasteiger partial charge on any atom is 0.0919 e. The van der Waals surface area contributed by atoms with Gasteiger partial charge in [-0.05, 0) is 17.7 Å². The average Bonchev–Trinajstić information content (AvgIpc) is 2.18. The van der Waals surface area contributed by atoms with E-state index < -0.39 is 12.5 Å². The maximum atomic E-state index is 9.50. The van der Waals surface area contributed by atoms with Crippen molar-refractivity contribution in [2.24, 2.45) is 0 Å². The number of rotatable bonds is 2. The third-order valence-corrected chi connectivity index (χ3v) is 1.64. The van der Waals surface area contributed by atoms with Crippen molar-refractivity contribution in [3.8, 4) is 6.07 Å². The normalized spacial score (nSPS) is 15.8. The molecule has 0 amide bonds. The number of hydrogen-bond acceptors (Lipinski definition) is 2. The van der Waals surface area contributed by atoms with E-state index in [-0.39, 0.29) is 0 Å². The van der Waals surface area contributed by atoms with Crippen LogP contribution in [0, 0.1) is 11.3 Å². The lowest BCUT2D eigenvalue weighted by molar-refractivity contribution is 0.183. The summed E-state index contributed by atoms with van der Waals surface area (Å²) in [5.74, 6) is 0. The first kappa shape index (κ1) is 6.47. The Morgan fingerprint density at radius 2 is 2.17 bits per heavy atom. The zero-order chi connectivity index (χ0) is 10.8. The van der Waals surface area contributed by atoms with E-state index in [1.165, 1.54) is 30.3 Å². The molecule has 0 saturated heterocycles. The van der Waals surface area contributed by atoms with Gasteiger partial charge in [-0.25, -0.2) is 0 Å². The number of nitriles is 1. The fourth-order valence-corrected chi connectivity index (χ4v) is 0.916. The van der Waals surface area contributed by atoms with Gasteiger partial charge in [-0.1, -0.05) is 23.7 Å². The minimum atomic E-state index is -2.28. The summed E-state index contributed by atoms with van der Waals surface area (Å²) in [7, 11) is 0. The van der Waals surface area contributed by atoms with Crippen molar-refractivity contribution in [2.75, 3.05) is 0 Å². The molecule has 62 valence electrons. The predicted octanol–water partition coefficient (Wildman–Crippen LogP) is 2.29. The maximum absolute atomic E-state index is 9.50. The van der Waals surface area contributed by atoms with Gasteiger partial charge in [0.1, 0.15) is 0 Å². The van der Waals surface area contributed by atoms with Gasteiger partial charge >= 0.3 is 0 Å². The summed E-state index contributed by atoms with van der Waals surface area (Å²) in [5, 5.41) is 18.5. The Morgan fingerprint density at radius 1 is 1.58 bits per heavy atom. The fourth-order valence-electron chi connectivity index (χ4n) is 0.790. The van der Waals surface area contributed by atoms with Gasteiger partial charge in [0.2, 0.25) is 0 Å². The van der Waals surface area contributed by atoms with Crippen molar-refractivity contribution >= 4 is 11.6 Å². The van der Waals surface area contributed by atoms with Gasteiger partial charge in [0.25, 0.3) is 0 Å². The van der Waals surface area contributed by atoms with Crippen molar-refractivity contribution < 1.29 is 7.85 Å². The fraction of sp³-hybridized carbons (Fsp3) is 0.222. The molecule has 2 nitrogen and oxygen atoms in total. The summed E-state index contributed by atoms with van der Waals surface area (Å²) in [4.78, 5) is 0. The van der Waals surface area contributed by atoms with Gasteiger partial charge in [0.05, 0.1) is 18.5 Å². The highest BCUT2D eigenvalue weighted by Crippen LogP contribution is 2.18. The summed E-state index contributed by atoms with van der Waals surface area (Å²) >= 11 is 5.62. The number of nitrogens with zero attached hydrogens (tertiary/aromatic N) is 1. The van der Waals surface area contributed by atoms with Crippen LogP contribution in [0.2, 0.25) is 5.02 Å². The first-order chi connectivity index (χ1) is 6.47. The summed E-state index contributed by atoms with van der Waals surface area (Å²) < 4.78 is 14.4. The van der Waals surface area contributed by atoms with Crippen LogP contribution in [0.5, 0.6) is 0 Å². The van der Waals surface area contributed by atoms with Crippen LogP contribution in [-0.4, -0.2) is 5.11 Å². The summed E-state index contributed by atoms with van der Waals surface area (Å²) in [6.07, 6.45) is -3.74. The average molecular weight is 184 g/mol. The minimum absolute atomic E-state index is 0.334. The molecule has 0 radical (unpaired) electrons. The van der Waals surface area contributed by atoms with Gasteiger partial charge in [0.15, 0.2) is 0 Å². The van der Waals surface area contributed by atoms with Gasteiger partial charge in [-0.2, -0.15) is 5.26 Å². The third-order valence-electron chi connectivity index (χ3n) is 1.39. The molecule has 0 aliphatic rings. The Labute approximate surface area is 78.8 Å². The number of halogens is 1. The van der Waals surface area contributed by atoms with Crippen molar-refractivity contribution in [1.82, 2.24) is 0 Å². The molecule has 0 saturated carbocycles. The molecule has 12 heavy (non-hydrogen) atoms. The van der Waals surface area contributed by atoms with Crippen molar-refractivity contribution in [1.29, 1.82) is 5.26 Å². The molecule has 1 rings (SSSR count). The largest absolute Gasteiger partial charge is 0.387 e. The van der Waals surface area contributed by atoms with Gasteiger partial charge in [-0.3, -0.25) is 0 Å². The molecule has 0 aromatic heterocycles. The third kappa shape index (κ3) is 2.23. The lowest BCUT2D eigenvalue weighted by Gasteiger charge is -2.05. The zero-order valence-electron chi connectivity index (χ0n) is 8.16. The van der Waals surface area contributed by atoms with Crippen LogP contribution in [0.4, 0.5) is 0 Å². The number of aliphatic hydroxyl groups is 1. The van der Waals surface area contributed by atoms with E-state index in [4.69, 9.17) is 19.6 Å². The molecule has 0 aliphatic carbocycles. The molecule has 1 atom stereocenters. The molecule has 0 fully saturated rings. The number of benzene rings is 1. The Hall–Kier alpha value is -1.04. The zero-order valence-corrected chi connectivity index (χ0v) is 6.92. The summed E-state index contributed by atoms with van der Waals surface area (Å²) in [6.45, 7) is 0. The molecule has 0 spiro atoms. The van der Waals surface area contributed by atoms with Crippen molar-refractivity contribution in [3.05, 3.63) is 34.9 Å². The molecule has 0 heterocycles. The monoisotopic (exact) mass is 183 g/mol. The van der Waals surface area contributed by atoms with Crippen LogP contribution in [0.15, 0.2) is 24.3 Å². The molecule has 1 aromatic rings.